The summed E-state index contributed by atoms with van der Waals surface area (Å²) >= 11 is 0. The Morgan fingerprint density at radius 3 is 2.00 bits per heavy atom. The van der Waals surface area contributed by atoms with Crippen LogP contribution in [0.2, 0.25) is 0 Å². The molecule has 1 atom stereocenters. The van der Waals surface area contributed by atoms with Crippen LogP contribution in [0.3, 0.4) is 0 Å². The van der Waals surface area contributed by atoms with Gasteiger partial charge in [-0.15, -0.1) is 0 Å². The minimum absolute atomic E-state index is 0.784. The summed E-state index contributed by atoms with van der Waals surface area (Å²) in [6.45, 7) is 11.5. The van der Waals surface area contributed by atoms with Gasteiger partial charge < -0.3 is 4.90 Å². The van der Waals surface area contributed by atoms with Crippen LogP contribution in [0.25, 0.3) is 0 Å². The highest BCUT2D eigenvalue weighted by Crippen LogP contribution is 2.08. The van der Waals surface area contributed by atoms with E-state index in [4.69, 9.17) is 0 Å². The molecule has 0 aromatic heterocycles. The van der Waals surface area contributed by atoms with Crippen LogP contribution in [-0.2, 0) is 0 Å². The van der Waals surface area contributed by atoms with Crippen LogP contribution in [0.15, 0.2) is 0 Å². The number of hydrogen-bond donors (Lipinski definition) is 0. The van der Waals surface area contributed by atoms with Crippen molar-refractivity contribution < 1.29 is 0 Å². The van der Waals surface area contributed by atoms with E-state index in [2.05, 4.69) is 32.6 Å². The third kappa shape index (κ3) is 4.76. The fourth-order valence-electron chi connectivity index (χ4n) is 1.72. The molecule has 0 fully saturated rings. The molecule has 0 aliphatic heterocycles. The van der Waals surface area contributed by atoms with Gasteiger partial charge in [0, 0.05) is 6.04 Å². The minimum Gasteiger partial charge on any atom is -0.301 e. The molecule has 0 amide bonds. The maximum atomic E-state index is 2.54. The van der Waals surface area contributed by atoms with Crippen LogP contribution in [0.1, 0.15) is 53.4 Å². The van der Waals surface area contributed by atoms with Crippen LogP contribution in [0.5, 0.6) is 0 Å². The molecule has 0 heterocycles. The molecule has 0 N–H and O–H groups in total. The molecule has 0 aromatic carbocycles. The third-order valence-corrected chi connectivity index (χ3v) is 2.66. The second-order valence-electron chi connectivity index (χ2n) is 3.57. The molecule has 1 heteroatoms. The molecular formula is C11H25N. The van der Waals surface area contributed by atoms with Crippen molar-refractivity contribution in [2.45, 2.75) is 59.4 Å². The van der Waals surface area contributed by atoms with Crippen molar-refractivity contribution in [2.75, 3.05) is 13.1 Å². The van der Waals surface area contributed by atoms with Crippen LogP contribution >= 0.6 is 0 Å². The van der Waals surface area contributed by atoms with Crippen LogP contribution in [0, 0.1) is 0 Å². The number of nitrogens with zero attached hydrogens (tertiary/aromatic N) is 1. The number of unbranched alkanes of at least 4 members (excludes halogenated alkanes) is 2. The zero-order valence-corrected chi connectivity index (χ0v) is 9.27. The largest absolute Gasteiger partial charge is 0.301 e. The van der Waals surface area contributed by atoms with Crippen LogP contribution < -0.4 is 0 Å². The summed E-state index contributed by atoms with van der Waals surface area (Å²) in [5.41, 5.74) is 0. The van der Waals surface area contributed by atoms with Crippen molar-refractivity contribution in [1.29, 1.82) is 0 Å². The highest BCUT2D eigenvalue weighted by molar-refractivity contribution is 4.63. The summed E-state index contributed by atoms with van der Waals surface area (Å²) in [7, 11) is 0. The fourth-order valence-corrected chi connectivity index (χ4v) is 1.72. The van der Waals surface area contributed by atoms with E-state index in [1.807, 2.05) is 0 Å². The summed E-state index contributed by atoms with van der Waals surface area (Å²) in [4.78, 5) is 2.54. The lowest BCUT2D eigenvalue weighted by molar-refractivity contribution is 0.217. The van der Waals surface area contributed by atoms with E-state index in [1.165, 1.54) is 38.8 Å². The Labute approximate surface area is 78.1 Å². The highest BCUT2D eigenvalue weighted by atomic mass is 15.1. The molecular weight excluding hydrogens is 146 g/mol. The van der Waals surface area contributed by atoms with Gasteiger partial charge in [-0.25, -0.2) is 0 Å². The summed E-state index contributed by atoms with van der Waals surface area (Å²) in [6, 6.07) is 0.784. The SMILES string of the molecule is CCCCCC(C)N(CC)CC. The van der Waals surface area contributed by atoms with Crippen LogP contribution in [-0.4, -0.2) is 24.0 Å². The fraction of sp³-hybridized carbons (Fsp3) is 1.00. The molecule has 0 saturated carbocycles. The van der Waals surface area contributed by atoms with E-state index < -0.39 is 0 Å². The van der Waals surface area contributed by atoms with Gasteiger partial charge in [0.05, 0.1) is 0 Å². The lowest BCUT2D eigenvalue weighted by atomic mass is 10.1. The first-order valence-electron chi connectivity index (χ1n) is 5.50. The summed E-state index contributed by atoms with van der Waals surface area (Å²) < 4.78 is 0. The third-order valence-electron chi connectivity index (χ3n) is 2.66. The van der Waals surface area contributed by atoms with Gasteiger partial charge in [-0.1, -0.05) is 40.0 Å². The second-order valence-corrected chi connectivity index (χ2v) is 3.57. The number of hydrogen-bond acceptors (Lipinski definition) is 1. The van der Waals surface area contributed by atoms with E-state index in [1.54, 1.807) is 0 Å². The average molecular weight is 171 g/mol. The monoisotopic (exact) mass is 171 g/mol. The lowest BCUT2D eigenvalue weighted by Crippen LogP contribution is -2.32. The molecule has 74 valence electrons. The molecule has 12 heavy (non-hydrogen) atoms. The standard InChI is InChI=1S/C11H25N/c1-5-8-9-10-11(4)12(6-2)7-3/h11H,5-10H2,1-4H3. The zero-order valence-electron chi connectivity index (χ0n) is 9.27. The first kappa shape index (κ1) is 12.0. The molecule has 1 nitrogen and oxygen atoms in total. The van der Waals surface area contributed by atoms with Gasteiger partial charge in [0.2, 0.25) is 0 Å². The van der Waals surface area contributed by atoms with Gasteiger partial charge in [-0.2, -0.15) is 0 Å². The Kier molecular flexibility index (Phi) is 7.58. The molecule has 0 saturated heterocycles. The van der Waals surface area contributed by atoms with Gasteiger partial charge in [0.15, 0.2) is 0 Å². The van der Waals surface area contributed by atoms with Gasteiger partial charge in [-0.05, 0) is 26.4 Å². The topological polar surface area (TPSA) is 3.24 Å². The van der Waals surface area contributed by atoms with Gasteiger partial charge in [0.1, 0.15) is 0 Å². The van der Waals surface area contributed by atoms with Gasteiger partial charge in [0.25, 0.3) is 0 Å². The maximum absolute atomic E-state index is 2.54. The van der Waals surface area contributed by atoms with Crippen LogP contribution in [0.4, 0.5) is 0 Å². The molecule has 0 bridgehead atoms. The molecule has 0 aromatic rings. The Hall–Kier alpha value is -0.0400. The quantitative estimate of drug-likeness (QED) is 0.531. The van der Waals surface area contributed by atoms with Crippen molar-refractivity contribution in [3.05, 3.63) is 0 Å². The van der Waals surface area contributed by atoms with Crippen molar-refractivity contribution in [1.82, 2.24) is 4.90 Å². The van der Waals surface area contributed by atoms with E-state index in [-0.39, 0.29) is 0 Å². The summed E-state index contributed by atoms with van der Waals surface area (Å²) in [6.07, 6.45) is 5.50. The summed E-state index contributed by atoms with van der Waals surface area (Å²) in [5.74, 6) is 0. The first-order chi connectivity index (χ1) is 5.76. The minimum atomic E-state index is 0.784. The Morgan fingerprint density at radius 1 is 1.00 bits per heavy atom. The molecule has 0 radical (unpaired) electrons. The number of rotatable bonds is 7. The van der Waals surface area contributed by atoms with E-state index in [0.29, 0.717) is 0 Å². The Balaban J connectivity index is 3.47. The molecule has 0 aliphatic rings. The van der Waals surface area contributed by atoms with E-state index in [9.17, 15) is 0 Å². The van der Waals surface area contributed by atoms with Crippen molar-refractivity contribution in [3.8, 4) is 0 Å². The lowest BCUT2D eigenvalue weighted by Gasteiger charge is -2.26. The molecule has 0 rings (SSSR count). The Bertz CT molecular complexity index is 87.0. The van der Waals surface area contributed by atoms with Gasteiger partial charge in [-0.3, -0.25) is 0 Å². The normalized spacial score (nSPS) is 13.8. The predicted octanol–water partition coefficient (Wildman–Crippen LogP) is 3.30. The first-order valence-corrected chi connectivity index (χ1v) is 5.50. The van der Waals surface area contributed by atoms with E-state index in [0.717, 1.165) is 6.04 Å². The average Bonchev–Trinajstić information content (AvgIpc) is 2.07. The van der Waals surface area contributed by atoms with Crippen molar-refractivity contribution >= 4 is 0 Å². The molecule has 1 unspecified atom stereocenters. The summed E-state index contributed by atoms with van der Waals surface area (Å²) in [5, 5.41) is 0. The maximum Gasteiger partial charge on any atom is 0.00666 e. The second kappa shape index (κ2) is 7.60. The van der Waals surface area contributed by atoms with E-state index >= 15 is 0 Å². The smallest absolute Gasteiger partial charge is 0.00666 e. The molecule has 0 spiro atoms. The zero-order chi connectivity index (χ0) is 9.40. The Morgan fingerprint density at radius 2 is 1.58 bits per heavy atom. The predicted molar refractivity (Wildman–Crippen MR) is 56.5 cm³/mol. The van der Waals surface area contributed by atoms with Crippen molar-refractivity contribution in [2.24, 2.45) is 0 Å². The van der Waals surface area contributed by atoms with Crippen molar-refractivity contribution in [3.63, 3.8) is 0 Å². The molecule has 0 aliphatic carbocycles. The highest BCUT2D eigenvalue weighted by Gasteiger charge is 2.08. The van der Waals surface area contributed by atoms with Gasteiger partial charge >= 0.3 is 0 Å².